The van der Waals surface area contributed by atoms with E-state index in [4.69, 9.17) is 19.2 Å². The number of hydrogen-bond donors (Lipinski definition) is 3. The average Bonchev–Trinajstić information content (AvgIpc) is 3.93. The number of rotatable bonds is 12. The number of pyridine rings is 1. The van der Waals surface area contributed by atoms with Crippen LogP contribution >= 0.6 is 0 Å². The number of nitrogens with zero attached hydrogens (tertiary/aromatic N) is 3. The molecule has 4 heterocycles. The summed E-state index contributed by atoms with van der Waals surface area (Å²) in [5.74, 6) is -4.56. The first-order valence-corrected chi connectivity index (χ1v) is 26.3. The van der Waals surface area contributed by atoms with Crippen LogP contribution in [0.25, 0.3) is 10.9 Å². The lowest BCUT2D eigenvalue weighted by Gasteiger charge is -2.32. The first-order valence-electron chi connectivity index (χ1n) is 24.8. The standard InChI is InChI=1S/C50H66F2N6O9S/c1-3-34-29-50(34,46(61)56-68(63,64)48(2)23-24-48)55-43(59)39-28-35-30-58(39)45(60)41(33-15-7-8-16-33)54-47(62)67-40-21-11-17-32(40)14-5-4-6-19-37-42(36-18-9-10-20-38(36)53-44(37)66-35)65-27-13-26-57-25-12-22-49(51,52)31-57/h3-4,6,9-10,18,20,32-35,39-41H,1,5,7-8,11-17,19,21-31H2,2H3,(H,54,62)(H,55,59)(H,56,61)/b6-4+/t32-,34?,35-,39+,40-,41+,50-/m1/s1. The Labute approximate surface area is 397 Å². The van der Waals surface area contributed by atoms with E-state index < -0.39 is 74.2 Å². The SMILES string of the molecule is C=CC1C[C@]1(NC(=O)[C@@H]1C[C@@H]2CN1C(=O)[C@H](C1CCCC1)NC(=O)O[C@@H]1CCC[C@H]1CC/C=C/Cc1c(nc3ccccc3c1OCCCN1CCCC(F)(F)C1)O2)C(=O)NS(=O)(=O)C1(C)CC1. The van der Waals surface area contributed by atoms with Crippen LogP contribution in [0.5, 0.6) is 11.6 Å². The number of amides is 4. The van der Waals surface area contributed by atoms with Gasteiger partial charge in [0.25, 0.3) is 11.8 Å². The van der Waals surface area contributed by atoms with Gasteiger partial charge in [0.15, 0.2) is 0 Å². The first-order chi connectivity index (χ1) is 32.6. The van der Waals surface area contributed by atoms with Gasteiger partial charge in [-0.25, -0.2) is 27.0 Å². The fourth-order valence-electron chi connectivity index (χ4n) is 11.3. The molecule has 370 valence electrons. The van der Waals surface area contributed by atoms with Crippen LogP contribution in [-0.4, -0.2) is 120 Å². The Morgan fingerprint density at radius 1 is 1.01 bits per heavy atom. The van der Waals surface area contributed by atoms with Gasteiger partial charge in [0.2, 0.25) is 27.7 Å². The van der Waals surface area contributed by atoms with Gasteiger partial charge in [-0.1, -0.05) is 43.2 Å². The summed E-state index contributed by atoms with van der Waals surface area (Å²) < 4.78 is 75.7. The van der Waals surface area contributed by atoms with Crippen molar-refractivity contribution >= 4 is 44.7 Å². The van der Waals surface area contributed by atoms with Gasteiger partial charge in [-0.2, -0.15) is 0 Å². The number of aromatic nitrogens is 1. The number of allylic oxidation sites excluding steroid dienone is 2. The minimum atomic E-state index is -4.04. The van der Waals surface area contributed by atoms with Gasteiger partial charge in [0.1, 0.15) is 35.6 Å². The third-order valence-electron chi connectivity index (χ3n) is 15.7. The fraction of sp³-hybridized carbons (Fsp3) is 0.660. The van der Waals surface area contributed by atoms with Crippen LogP contribution in [0.3, 0.4) is 0 Å². The average molecular weight is 965 g/mol. The number of halogens is 2. The molecule has 4 saturated carbocycles. The molecule has 2 aromatic rings. The largest absolute Gasteiger partial charge is 0.492 e. The molecule has 68 heavy (non-hydrogen) atoms. The lowest BCUT2D eigenvalue weighted by Crippen LogP contribution is -2.59. The number of hydrogen-bond acceptors (Lipinski definition) is 11. The number of carbonyl (C=O) groups is 4. The third-order valence-corrected chi connectivity index (χ3v) is 17.9. The van der Waals surface area contributed by atoms with Crippen molar-refractivity contribution in [2.24, 2.45) is 17.8 Å². The molecule has 4 aliphatic carbocycles. The Balaban J connectivity index is 1.05. The van der Waals surface area contributed by atoms with E-state index in [9.17, 15) is 31.6 Å². The molecule has 7 aliphatic rings. The molecular weight excluding hydrogens is 899 g/mol. The number of likely N-dealkylation sites (tertiary alicyclic amines) is 1. The second kappa shape index (κ2) is 19.5. The zero-order valence-corrected chi connectivity index (χ0v) is 39.8. The van der Waals surface area contributed by atoms with Crippen molar-refractivity contribution in [2.45, 2.75) is 157 Å². The monoisotopic (exact) mass is 964 g/mol. The Hall–Kier alpha value is -4.84. The molecule has 2 saturated heterocycles. The summed E-state index contributed by atoms with van der Waals surface area (Å²) in [6.07, 6.45) is 13.1. The molecule has 0 spiro atoms. The maximum Gasteiger partial charge on any atom is 0.408 e. The summed E-state index contributed by atoms with van der Waals surface area (Å²) in [5, 5.41) is 6.57. The maximum absolute atomic E-state index is 15.1. The zero-order chi connectivity index (χ0) is 47.8. The van der Waals surface area contributed by atoms with Crippen molar-refractivity contribution in [1.29, 1.82) is 0 Å². The third kappa shape index (κ3) is 10.2. The van der Waals surface area contributed by atoms with E-state index in [2.05, 4.69) is 28.0 Å². The first kappa shape index (κ1) is 48.2. The number of alkyl carbamates (subject to hydrolysis) is 1. The molecule has 3 N–H and O–H groups in total. The summed E-state index contributed by atoms with van der Waals surface area (Å²) in [6, 6.07) is 5.32. The second-order valence-corrected chi connectivity index (χ2v) is 22.8. The van der Waals surface area contributed by atoms with Crippen molar-refractivity contribution in [3.05, 3.63) is 54.6 Å². The Morgan fingerprint density at radius 3 is 2.54 bits per heavy atom. The van der Waals surface area contributed by atoms with E-state index in [1.165, 1.54) is 11.0 Å². The van der Waals surface area contributed by atoms with Crippen molar-refractivity contribution < 1.29 is 50.6 Å². The van der Waals surface area contributed by atoms with Gasteiger partial charge >= 0.3 is 6.09 Å². The van der Waals surface area contributed by atoms with Crippen molar-refractivity contribution in [1.82, 2.24) is 30.1 Å². The molecule has 15 nitrogen and oxygen atoms in total. The van der Waals surface area contributed by atoms with Gasteiger partial charge in [0, 0.05) is 30.7 Å². The van der Waals surface area contributed by atoms with Crippen molar-refractivity contribution in [3.8, 4) is 11.6 Å². The van der Waals surface area contributed by atoms with E-state index in [1.54, 1.807) is 11.8 Å². The van der Waals surface area contributed by atoms with E-state index in [0.29, 0.717) is 81.3 Å². The molecule has 3 aliphatic heterocycles. The van der Waals surface area contributed by atoms with Crippen molar-refractivity contribution in [2.75, 3.05) is 32.8 Å². The summed E-state index contributed by atoms with van der Waals surface area (Å²) in [7, 11) is -4.04. The van der Waals surface area contributed by atoms with Gasteiger partial charge in [-0.05, 0) is 121 Å². The fourth-order valence-corrected chi connectivity index (χ4v) is 12.6. The van der Waals surface area contributed by atoms with E-state index in [-0.39, 0.29) is 62.8 Å². The number of sulfonamides is 1. The lowest BCUT2D eigenvalue weighted by molar-refractivity contribution is -0.142. The highest BCUT2D eigenvalue weighted by molar-refractivity contribution is 7.91. The van der Waals surface area contributed by atoms with Crippen LogP contribution in [0.2, 0.25) is 0 Å². The molecule has 7 atom stereocenters. The van der Waals surface area contributed by atoms with Gasteiger partial charge in [-0.15, -0.1) is 6.58 Å². The maximum atomic E-state index is 15.1. The molecule has 6 fully saturated rings. The number of piperidine rings is 1. The number of nitrogens with one attached hydrogen (secondary N) is 3. The summed E-state index contributed by atoms with van der Waals surface area (Å²) >= 11 is 0. The van der Waals surface area contributed by atoms with E-state index in [1.807, 2.05) is 30.3 Å². The second-order valence-electron chi connectivity index (χ2n) is 20.6. The van der Waals surface area contributed by atoms with Gasteiger partial charge in [-0.3, -0.25) is 24.0 Å². The Kier molecular flexibility index (Phi) is 13.8. The zero-order valence-electron chi connectivity index (χ0n) is 39.0. The smallest absolute Gasteiger partial charge is 0.408 e. The number of benzene rings is 1. The van der Waals surface area contributed by atoms with Crippen LogP contribution in [0, 0.1) is 17.8 Å². The topological polar surface area (TPSA) is 186 Å². The number of ether oxygens (including phenoxy) is 3. The van der Waals surface area contributed by atoms with Crippen LogP contribution in [0.15, 0.2) is 49.1 Å². The highest BCUT2D eigenvalue weighted by atomic mass is 32.2. The van der Waals surface area contributed by atoms with Crippen LogP contribution in [0.1, 0.15) is 115 Å². The molecule has 1 unspecified atom stereocenters. The van der Waals surface area contributed by atoms with E-state index in [0.717, 1.165) is 43.9 Å². The molecule has 9 rings (SSSR count). The Morgan fingerprint density at radius 2 is 1.79 bits per heavy atom. The summed E-state index contributed by atoms with van der Waals surface area (Å²) in [4.78, 5) is 65.8. The highest BCUT2D eigenvalue weighted by Crippen LogP contribution is 2.47. The number of carbonyl (C=O) groups excluding carboxylic acids is 4. The molecule has 1 aromatic heterocycles. The molecule has 4 amide bonds. The molecule has 18 heteroatoms. The molecule has 2 bridgehead atoms. The minimum Gasteiger partial charge on any atom is -0.492 e. The predicted molar refractivity (Wildman–Crippen MR) is 249 cm³/mol. The summed E-state index contributed by atoms with van der Waals surface area (Å²) in [5.41, 5.74) is -0.364. The lowest BCUT2D eigenvalue weighted by atomic mass is 9.96. The summed E-state index contributed by atoms with van der Waals surface area (Å²) in [6.45, 7) is 6.38. The quantitative estimate of drug-likeness (QED) is 0.156. The number of para-hydroxylation sites is 1. The van der Waals surface area contributed by atoms with Crippen LogP contribution in [-0.2, 0) is 35.6 Å². The van der Waals surface area contributed by atoms with Gasteiger partial charge < -0.3 is 29.7 Å². The van der Waals surface area contributed by atoms with Gasteiger partial charge in [0.05, 0.1) is 35.5 Å². The highest BCUT2D eigenvalue weighted by Gasteiger charge is 2.63. The Bertz CT molecular complexity index is 2410. The van der Waals surface area contributed by atoms with Crippen molar-refractivity contribution in [3.63, 3.8) is 0 Å². The molecule has 0 radical (unpaired) electrons. The van der Waals surface area contributed by atoms with E-state index >= 15 is 4.79 Å². The molecule has 1 aromatic carbocycles. The molecular formula is C50H66F2N6O9S. The van der Waals surface area contributed by atoms with Crippen LogP contribution in [0.4, 0.5) is 13.6 Å². The van der Waals surface area contributed by atoms with Crippen LogP contribution < -0.4 is 24.8 Å². The predicted octanol–water partition coefficient (Wildman–Crippen LogP) is 6.49. The normalized spacial score (nSPS) is 31.2. The number of alkyl halides is 2. The minimum absolute atomic E-state index is 0.0174. The number of fused-ring (bicyclic) bond motifs is 5.